The lowest BCUT2D eigenvalue weighted by Gasteiger charge is -2.40. The third-order valence-electron chi connectivity index (χ3n) is 5.02. The lowest BCUT2D eigenvalue weighted by Crippen LogP contribution is -2.49. The van der Waals surface area contributed by atoms with Gasteiger partial charge < -0.3 is 10.4 Å². The van der Waals surface area contributed by atoms with Gasteiger partial charge in [-0.05, 0) is 43.9 Å². The van der Waals surface area contributed by atoms with Crippen LogP contribution in [0.3, 0.4) is 0 Å². The third kappa shape index (κ3) is 5.01. The molecule has 162 valence electrons. The molecule has 1 saturated carbocycles. The number of nitrogens with zero attached hydrogens (tertiary/aromatic N) is 2. The first-order valence-corrected chi connectivity index (χ1v) is 9.77. The predicted molar refractivity (Wildman–Crippen MR) is 102 cm³/mol. The Kier molecular flexibility index (Phi) is 6.54. The smallest absolute Gasteiger partial charge is 0.387 e. The van der Waals surface area contributed by atoms with Crippen molar-refractivity contribution in [3.63, 3.8) is 0 Å². The number of carbonyl (C=O) groups excluding carboxylic acids is 1. The van der Waals surface area contributed by atoms with E-state index in [0.29, 0.717) is 6.07 Å². The second-order valence-corrected chi connectivity index (χ2v) is 7.97. The van der Waals surface area contributed by atoms with Crippen molar-refractivity contribution in [1.82, 2.24) is 15.3 Å². The molecule has 2 heterocycles. The van der Waals surface area contributed by atoms with Crippen LogP contribution in [0.4, 0.5) is 17.6 Å². The van der Waals surface area contributed by atoms with Gasteiger partial charge in [-0.3, -0.25) is 14.8 Å². The summed E-state index contributed by atoms with van der Waals surface area (Å²) >= 11 is 11.9. The SMILES string of the molecule is O=C(NC(c1cc(Cl)ccn1)[C@]1(O)CC[C@@H](F)CC1)c1cc(C(F)(F)F)ncc1Cl. The van der Waals surface area contributed by atoms with Gasteiger partial charge in [0.1, 0.15) is 17.9 Å². The highest BCUT2D eigenvalue weighted by molar-refractivity contribution is 6.33. The highest BCUT2D eigenvalue weighted by Gasteiger charge is 2.43. The van der Waals surface area contributed by atoms with Gasteiger partial charge >= 0.3 is 6.18 Å². The third-order valence-corrected chi connectivity index (χ3v) is 5.56. The maximum Gasteiger partial charge on any atom is 0.433 e. The molecule has 30 heavy (non-hydrogen) atoms. The van der Waals surface area contributed by atoms with Gasteiger partial charge in [-0.25, -0.2) is 4.39 Å². The lowest BCUT2D eigenvalue weighted by molar-refractivity contribution is -0.141. The van der Waals surface area contributed by atoms with Crippen molar-refractivity contribution in [1.29, 1.82) is 0 Å². The molecule has 2 aromatic heterocycles. The van der Waals surface area contributed by atoms with E-state index in [-0.39, 0.29) is 41.4 Å². The summed E-state index contributed by atoms with van der Waals surface area (Å²) < 4.78 is 52.6. The molecule has 0 bridgehead atoms. The Morgan fingerprint density at radius 3 is 2.50 bits per heavy atom. The standard InChI is InChI=1S/C19H17Cl2F4N3O2/c20-10-3-6-26-14(7-10)16(18(30)4-1-11(22)2-5-18)28-17(29)12-8-15(19(23,24)25)27-9-13(12)21/h3,6-9,11,16,30H,1-2,4-5H2,(H,28,29)/t11-,16?,18+. The van der Waals surface area contributed by atoms with Crippen LogP contribution < -0.4 is 5.32 Å². The van der Waals surface area contributed by atoms with Crippen LogP contribution in [-0.4, -0.2) is 32.8 Å². The Morgan fingerprint density at radius 1 is 1.23 bits per heavy atom. The van der Waals surface area contributed by atoms with Crippen LogP contribution >= 0.6 is 23.2 Å². The van der Waals surface area contributed by atoms with E-state index in [4.69, 9.17) is 23.2 Å². The lowest BCUT2D eigenvalue weighted by atomic mass is 9.77. The molecule has 1 amide bonds. The number of hydrogen-bond acceptors (Lipinski definition) is 4. The van der Waals surface area contributed by atoms with Gasteiger partial charge in [-0.15, -0.1) is 0 Å². The Hall–Kier alpha value is -1.97. The van der Waals surface area contributed by atoms with Gasteiger partial charge in [0, 0.05) is 17.4 Å². The fraction of sp³-hybridized carbons (Fsp3) is 0.421. The summed E-state index contributed by atoms with van der Waals surface area (Å²) in [4.78, 5) is 20.1. The average Bonchev–Trinajstić information content (AvgIpc) is 2.67. The number of hydrogen-bond donors (Lipinski definition) is 2. The number of pyridine rings is 2. The molecule has 1 aliphatic carbocycles. The fourth-order valence-corrected chi connectivity index (χ4v) is 3.77. The number of halogens is 6. The van der Waals surface area contributed by atoms with Gasteiger partial charge in [0.25, 0.3) is 5.91 Å². The Morgan fingerprint density at radius 2 is 1.90 bits per heavy atom. The van der Waals surface area contributed by atoms with Gasteiger partial charge in [0.05, 0.1) is 21.9 Å². The van der Waals surface area contributed by atoms with Crippen LogP contribution in [0.5, 0.6) is 0 Å². The molecule has 0 saturated heterocycles. The summed E-state index contributed by atoms with van der Waals surface area (Å²) in [7, 11) is 0. The number of carbonyl (C=O) groups is 1. The van der Waals surface area contributed by atoms with Crippen LogP contribution in [-0.2, 0) is 6.18 Å². The molecule has 1 atom stereocenters. The second-order valence-electron chi connectivity index (χ2n) is 7.13. The summed E-state index contributed by atoms with van der Waals surface area (Å²) in [6.45, 7) is 0. The van der Waals surface area contributed by atoms with E-state index in [0.717, 1.165) is 6.20 Å². The quantitative estimate of drug-likeness (QED) is 0.628. The summed E-state index contributed by atoms with van der Waals surface area (Å²) in [6, 6.07) is 2.29. The van der Waals surface area contributed by atoms with Crippen LogP contribution in [0.2, 0.25) is 10.0 Å². The van der Waals surface area contributed by atoms with Crippen molar-refractivity contribution in [3.05, 3.63) is 57.6 Å². The monoisotopic (exact) mass is 465 g/mol. The maximum atomic E-state index is 13.6. The Bertz CT molecular complexity index is 934. The van der Waals surface area contributed by atoms with Crippen molar-refractivity contribution >= 4 is 29.1 Å². The number of rotatable bonds is 4. The zero-order valence-corrected chi connectivity index (χ0v) is 16.9. The van der Waals surface area contributed by atoms with Crippen molar-refractivity contribution in [2.24, 2.45) is 0 Å². The molecule has 2 aromatic rings. The maximum absolute atomic E-state index is 13.6. The minimum atomic E-state index is -4.77. The highest BCUT2D eigenvalue weighted by atomic mass is 35.5. The summed E-state index contributed by atoms with van der Waals surface area (Å²) in [5, 5.41) is 13.6. The first-order chi connectivity index (χ1) is 14.0. The zero-order chi connectivity index (χ0) is 22.1. The molecule has 0 radical (unpaired) electrons. The first-order valence-electron chi connectivity index (χ1n) is 9.01. The first kappa shape index (κ1) is 22.7. The molecule has 3 rings (SSSR count). The molecular formula is C19H17Cl2F4N3O2. The van der Waals surface area contributed by atoms with E-state index in [2.05, 4.69) is 15.3 Å². The summed E-state index contributed by atoms with van der Waals surface area (Å²) in [6.07, 6.45) is -3.59. The Balaban J connectivity index is 1.97. The van der Waals surface area contributed by atoms with E-state index in [9.17, 15) is 27.5 Å². The van der Waals surface area contributed by atoms with E-state index in [1.807, 2.05) is 0 Å². The number of nitrogens with one attached hydrogen (secondary N) is 1. The molecule has 0 aromatic carbocycles. The van der Waals surface area contributed by atoms with Crippen molar-refractivity contribution < 1.29 is 27.5 Å². The zero-order valence-electron chi connectivity index (χ0n) is 15.4. The largest absolute Gasteiger partial charge is 0.433 e. The molecule has 1 fully saturated rings. The molecule has 5 nitrogen and oxygen atoms in total. The normalized spacial score (nSPS) is 23.1. The van der Waals surface area contributed by atoms with Crippen molar-refractivity contribution in [2.45, 2.75) is 49.7 Å². The van der Waals surface area contributed by atoms with Crippen LogP contribution in [0.1, 0.15) is 53.5 Å². The van der Waals surface area contributed by atoms with Gasteiger partial charge in [0.2, 0.25) is 0 Å². The minimum Gasteiger partial charge on any atom is -0.387 e. The molecule has 1 aliphatic rings. The van der Waals surface area contributed by atoms with Crippen molar-refractivity contribution in [2.75, 3.05) is 0 Å². The molecule has 11 heteroatoms. The molecular weight excluding hydrogens is 449 g/mol. The second kappa shape index (κ2) is 8.64. The molecule has 0 spiro atoms. The van der Waals surface area contributed by atoms with Gasteiger partial charge in [-0.1, -0.05) is 23.2 Å². The van der Waals surface area contributed by atoms with Crippen LogP contribution in [0, 0.1) is 0 Å². The molecule has 0 aliphatic heterocycles. The van der Waals surface area contributed by atoms with Crippen LogP contribution in [0.15, 0.2) is 30.6 Å². The summed E-state index contributed by atoms with van der Waals surface area (Å²) in [5.41, 5.74) is -3.13. The topological polar surface area (TPSA) is 75.1 Å². The minimum absolute atomic E-state index is 0.0190. The number of aromatic nitrogens is 2. The van der Waals surface area contributed by atoms with E-state index in [1.165, 1.54) is 18.3 Å². The highest BCUT2D eigenvalue weighted by Crippen LogP contribution is 2.40. The van der Waals surface area contributed by atoms with Gasteiger partial charge in [-0.2, -0.15) is 13.2 Å². The number of amides is 1. The number of aliphatic hydroxyl groups is 1. The van der Waals surface area contributed by atoms with E-state index < -0.39 is 41.2 Å². The van der Waals surface area contributed by atoms with Gasteiger partial charge in [0.15, 0.2) is 0 Å². The number of alkyl halides is 4. The van der Waals surface area contributed by atoms with E-state index in [1.54, 1.807) is 0 Å². The van der Waals surface area contributed by atoms with E-state index >= 15 is 0 Å². The fourth-order valence-electron chi connectivity index (χ4n) is 3.41. The average molecular weight is 466 g/mol. The van der Waals surface area contributed by atoms with Crippen molar-refractivity contribution in [3.8, 4) is 0 Å². The Labute approximate surface area is 179 Å². The molecule has 1 unspecified atom stereocenters. The van der Waals surface area contributed by atoms with Crippen LogP contribution in [0.25, 0.3) is 0 Å². The summed E-state index contributed by atoms with van der Waals surface area (Å²) in [5.74, 6) is -0.963. The molecule has 2 N–H and O–H groups in total. The predicted octanol–water partition coefficient (Wildman–Crippen LogP) is 4.92.